The summed E-state index contributed by atoms with van der Waals surface area (Å²) in [5.41, 5.74) is 16.0. The van der Waals surface area contributed by atoms with Gasteiger partial charge in [-0.25, -0.2) is 4.79 Å². The summed E-state index contributed by atoms with van der Waals surface area (Å²) in [5, 5.41) is 8.43. The molecule has 0 aliphatic heterocycles. The number of nitrogens with two attached hydrogens (primary N) is 3. The molecule has 14 heavy (non-hydrogen) atoms. The smallest absolute Gasteiger partial charge is 0.335 e. The van der Waals surface area contributed by atoms with E-state index in [-0.39, 0.29) is 5.56 Å². The number of rotatable bonds is 2. The lowest BCUT2D eigenvalue weighted by atomic mass is 10.2. The maximum atomic E-state index is 10.3. The highest BCUT2D eigenvalue weighted by Gasteiger charge is 1.98. The predicted molar refractivity (Wildman–Crippen MR) is 55.9 cm³/mol. The summed E-state index contributed by atoms with van der Waals surface area (Å²) >= 11 is 0. The van der Waals surface area contributed by atoms with E-state index in [9.17, 15) is 4.79 Å². The Morgan fingerprint density at radius 1 is 1.14 bits per heavy atom. The van der Waals surface area contributed by atoms with Gasteiger partial charge in [-0.3, -0.25) is 0 Å². The van der Waals surface area contributed by atoms with Crippen LogP contribution < -0.4 is 17.2 Å². The highest BCUT2D eigenvalue weighted by atomic mass is 16.4. The van der Waals surface area contributed by atoms with E-state index in [2.05, 4.69) is 0 Å². The third-order valence-electron chi connectivity index (χ3n) is 1.32. The van der Waals surface area contributed by atoms with Crippen molar-refractivity contribution in [1.29, 1.82) is 0 Å². The van der Waals surface area contributed by atoms with E-state index in [0.717, 1.165) is 0 Å². The fourth-order valence-electron chi connectivity index (χ4n) is 0.626. The predicted octanol–water partition coefficient (Wildman–Crippen LogP) is -0.129. The molecule has 0 radical (unpaired) electrons. The highest BCUT2D eigenvalue weighted by molar-refractivity contribution is 5.87. The highest BCUT2D eigenvalue weighted by Crippen LogP contribution is 2.04. The van der Waals surface area contributed by atoms with Crippen molar-refractivity contribution in [2.45, 2.75) is 0 Å². The minimum atomic E-state index is -0.931. The zero-order valence-corrected chi connectivity index (χ0v) is 7.81. The van der Waals surface area contributed by atoms with Crippen molar-refractivity contribution in [3.63, 3.8) is 0 Å². The number of anilines is 1. The van der Waals surface area contributed by atoms with Crippen molar-refractivity contribution in [2.24, 2.45) is 11.5 Å². The van der Waals surface area contributed by atoms with Crippen LogP contribution >= 0.6 is 0 Å². The van der Waals surface area contributed by atoms with Crippen LogP contribution in [-0.2, 0) is 0 Å². The topological polar surface area (TPSA) is 115 Å². The van der Waals surface area contributed by atoms with Gasteiger partial charge in [0.2, 0.25) is 0 Å². The van der Waals surface area contributed by atoms with E-state index in [1.54, 1.807) is 12.1 Å². The van der Waals surface area contributed by atoms with Crippen LogP contribution in [0.4, 0.5) is 5.69 Å². The third-order valence-corrected chi connectivity index (χ3v) is 1.32. The molecule has 0 aromatic heterocycles. The van der Waals surface area contributed by atoms with E-state index in [1.807, 2.05) is 0 Å². The summed E-state index contributed by atoms with van der Waals surface area (Å²) in [6.07, 6.45) is 0. The molecule has 0 aliphatic rings. The molecule has 0 spiro atoms. The van der Waals surface area contributed by atoms with Gasteiger partial charge >= 0.3 is 5.97 Å². The molecule has 0 bridgehead atoms. The summed E-state index contributed by atoms with van der Waals surface area (Å²) in [4.78, 5) is 10.3. The van der Waals surface area contributed by atoms with Crippen molar-refractivity contribution in [3.05, 3.63) is 29.8 Å². The molecule has 0 aliphatic carbocycles. The van der Waals surface area contributed by atoms with Crippen LogP contribution in [0.25, 0.3) is 0 Å². The molecule has 7 N–H and O–H groups in total. The molecule has 0 saturated carbocycles. The number of carboxylic acid groups (broad SMARTS) is 1. The zero-order valence-electron chi connectivity index (χ0n) is 7.81. The number of carboxylic acids is 1. The van der Waals surface area contributed by atoms with E-state index in [0.29, 0.717) is 18.8 Å². The Hall–Kier alpha value is -1.59. The summed E-state index contributed by atoms with van der Waals surface area (Å²) in [6.45, 7) is 1.19. The molecule has 1 aromatic rings. The molecule has 0 amide bonds. The second-order valence-corrected chi connectivity index (χ2v) is 2.50. The van der Waals surface area contributed by atoms with Crippen molar-refractivity contribution in [1.82, 2.24) is 0 Å². The first kappa shape index (κ1) is 12.4. The summed E-state index contributed by atoms with van der Waals surface area (Å²) in [5.74, 6) is -0.931. The molecule has 0 unspecified atom stereocenters. The molecule has 5 heteroatoms. The van der Waals surface area contributed by atoms with Crippen LogP contribution in [0, 0.1) is 0 Å². The van der Waals surface area contributed by atoms with Crippen LogP contribution in [0.3, 0.4) is 0 Å². The van der Waals surface area contributed by atoms with E-state index >= 15 is 0 Å². The normalized spacial score (nSPS) is 8.71. The monoisotopic (exact) mass is 197 g/mol. The first-order valence-corrected chi connectivity index (χ1v) is 4.10. The van der Waals surface area contributed by atoms with Crippen LogP contribution in [-0.4, -0.2) is 24.2 Å². The Balaban J connectivity index is 0.000000364. The molecule has 78 valence electrons. The lowest BCUT2D eigenvalue weighted by Crippen LogP contribution is -2.11. The van der Waals surface area contributed by atoms with Gasteiger partial charge in [-0.1, -0.05) is 0 Å². The first-order valence-electron chi connectivity index (χ1n) is 4.10. The lowest BCUT2D eigenvalue weighted by Gasteiger charge is -1.93. The van der Waals surface area contributed by atoms with E-state index in [1.165, 1.54) is 12.1 Å². The van der Waals surface area contributed by atoms with Crippen molar-refractivity contribution >= 4 is 11.7 Å². The van der Waals surface area contributed by atoms with E-state index in [4.69, 9.17) is 22.3 Å². The van der Waals surface area contributed by atoms with Crippen molar-refractivity contribution in [3.8, 4) is 0 Å². The van der Waals surface area contributed by atoms with Gasteiger partial charge < -0.3 is 22.3 Å². The summed E-state index contributed by atoms with van der Waals surface area (Å²) in [7, 11) is 0. The molecule has 0 atom stereocenters. The first-order chi connectivity index (χ1) is 6.61. The fourth-order valence-corrected chi connectivity index (χ4v) is 0.626. The van der Waals surface area contributed by atoms with Crippen LogP contribution in [0.5, 0.6) is 0 Å². The van der Waals surface area contributed by atoms with Gasteiger partial charge in [-0.15, -0.1) is 0 Å². The third kappa shape index (κ3) is 5.13. The number of benzene rings is 1. The molecule has 0 fully saturated rings. The maximum Gasteiger partial charge on any atom is 0.335 e. The van der Waals surface area contributed by atoms with Gasteiger partial charge in [0.1, 0.15) is 0 Å². The Labute approximate surface area is 82.5 Å². The number of hydrogen-bond acceptors (Lipinski definition) is 4. The van der Waals surface area contributed by atoms with Gasteiger partial charge in [-0.2, -0.15) is 0 Å². The lowest BCUT2D eigenvalue weighted by molar-refractivity contribution is 0.0697. The van der Waals surface area contributed by atoms with Gasteiger partial charge in [0.15, 0.2) is 0 Å². The Morgan fingerprint density at radius 2 is 1.57 bits per heavy atom. The molecule has 1 aromatic carbocycles. The Bertz CT molecular complexity index is 270. The van der Waals surface area contributed by atoms with E-state index < -0.39 is 5.97 Å². The average Bonchev–Trinajstić information content (AvgIpc) is 2.19. The Kier molecular flexibility index (Phi) is 6.09. The summed E-state index contributed by atoms with van der Waals surface area (Å²) < 4.78 is 0. The van der Waals surface area contributed by atoms with Gasteiger partial charge in [-0.05, 0) is 24.3 Å². The fraction of sp³-hybridized carbons (Fsp3) is 0.222. The SMILES string of the molecule is NCCN.Nc1ccc(C(=O)O)cc1. The maximum absolute atomic E-state index is 10.3. The number of carbonyl (C=O) groups is 1. The van der Waals surface area contributed by atoms with Gasteiger partial charge in [0.05, 0.1) is 5.56 Å². The quantitative estimate of drug-likeness (QED) is 0.493. The molecule has 1 rings (SSSR count). The number of nitrogen functional groups attached to an aromatic ring is 1. The Morgan fingerprint density at radius 3 is 1.86 bits per heavy atom. The largest absolute Gasteiger partial charge is 0.478 e. The minimum Gasteiger partial charge on any atom is -0.478 e. The molecular weight excluding hydrogens is 182 g/mol. The van der Waals surface area contributed by atoms with Crippen molar-refractivity contribution in [2.75, 3.05) is 18.8 Å². The van der Waals surface area contributed by atoms with Gasteiger partial charge in [0.25, 0.3) is 0 Å². The number of hydrogen-bond donors (Lipinski definition) is 4. The minimum absolute atomic E-state index is 0.259. The van der Waals surface area contributed by atoms with Crippen LogP contribution in [0.1, 0.15) is 10.4 Å². The standard InChI is InChI=1S/C7H7NO2.C2H8N2/c8-6-3-1-5(2-4-6)7(9)10;3-1-2-4/h1-4H,8H2,(H,9,10);1-4H2. The average molecular weight is 197 g/mol. The van der Waals surface area contributed by atoms with Crippen molar-refractivity contribution < 1.29 is 9.90 Å². The zero-order chi connectivity index (χ0) is 11.0. The molecule has 0 heterocycles. The molecule has 5 nitrogen and oxygen atoms in total. The molecular formula is C9H15N3O2. The van der Waals surface area contributed by atoms with Gasteiger partial charge in [0, 0.05) is 18.8 Å². The number of aromatic carboxylic acids is 1. The second kappa shape index (κ2) is 6.88. The van der Waals surface area contributed by atoms with Crippen LogP contribution in [0.2, 0.25) is 0 Å². The summed E-state index contributed by atoms with van der Waals surface area (Å²) in [6, 6.07) is 6.06. The second-order valence-electron chi connectivity index (χ2n) is 2.50. The molecule has 0 saturated heterocycles. The van der Waals surface area contributed by atoms with Crippen LogP contribution in [0.15, 0.2) is 24.3 Å².